The molecule has 34 heavy (non-hydrogen) atoms. The van der Waals surface area contributed by atoms with Gasteiger partial charge in [-0.05, 0) is 18.8 Å². The molecule has 2 aromatic heterocycles. The van der Waals surface area contributed by atoms with Gasteiger partial charge in [0.15, 0.2) is 17.0 Å². The molecule has 178 valence electrons. The van der Waals surface area contributed by atoms with Crippen LogP contribution in [0.3, 0.4) is 0 Å². The molecule has 0 aliphatic heterocycles. The molecule has 4 aromatic rings. The minimum atomic E-state index is 0.620. The average molecular weight is 456 g/mol. The normalized spacial score (nSPS) is 13.3. The van der Waals surface area contributed by atoms with Crippen LogP contribution < -0.4 is 5.32 Å². The van der Waals surface area contributed by atoms with Crippen LogP contribution in [-0.4, -0.2) is 26.5 Å². The molecule has 0 atom stereocenters. The number of nitrogens with zero attached hydrogens (tertiary/aromatic N) is 4. The third-order valence-electron chi connectivity index (χ3n) is 5.85. The van der Waals surface area contributed by atoms with E-state index in [1.165, 1.54) is 32.1 Å². The Bertz CT molecular complexity index is 1120. The van der Waals surface area contributed by atoms with Gasteiger partial charge in [0.25, 0.3) is 0 Å². The Morgan fingerprint density at radius 3 is 1.85 bits per heavy atom. The van der Waals surface area contributed by atoms with E-state index in [4.69, 9.17) is 9.97 Å². The maximum Gasteiger partial charge on any atom is 0.184 e. The van der Waals surface area contributed by atoms with E-state index in [1.54, 1.807) is 6.33 Å². The molecule has 0 amide bonds. The molecule has 1 N–H and O–H groups in total. The first-order valence-corrected chi connectivity index (χ1v) is 12.8. The fourth-order valence-corrected chi connectivity index (χ4v) is 4.23. The molecule has 2 heterocycles. The van der Waals surface area contributed by atoms with Gasteiger partial charge in [-0.1, -0.05) is 108 Å². The number of rotatable bonds is 5. The Labute approximate surface area is 204 Å². The number of fused-ring (bicyclic) bond motifs is 1. The summed E-state index contributed by atoms with van der Waals surface area (Å²) in [6, 6.07) is 20.4. The van der Waals surface area contributed by atoms with Crippen molar-refractivity contribution in [3.8, 4) is 22.5 Å². The van der Waals surface area contributed by atoms with Crippen molar-refractivity contribution in [2.75, 3.05) is 11.9 Å². The standard InChI is InChI=1S/C25H25N5.2C2H6/c1-4-10-18(11-5-1)16-26-24-23-25(28-17-27-24)30-22(20-14-8-3-9-15-20)21(29-23)19-12-6-2-7-13-19;2*1-2/h2-3,6-9,12-15,17-18H,1,4-5,10-11,16H2,(H,26,27,28,30);2*1-2H3. The Morgan fingerprint density at radius 1 is 0.706 bits per heavy atom. The molecule has 1 saturated carbocycles. The van der Waals surface area contributed by atoms with Crippen molar-refractivity contribution in [3.05, 3.63) is 67.0 Å². The van der Waals surface area contributed by atoms with Crippen LogP contribution in [0, 0.1) is 5.92 Å². The van der Waals surface area contributed by atoms with Crippen LogP contribution in [0.4, 0.5) is 5.82 Å². The minimum absolute atomic E-state index is 0.620. The summed E-state index contributed by atoms with van der Waals surface area (Å²) in [6.07, 6.45) is 8.17. The van der Waals surface area contributed by atoms with E-state index in [0.29, 0.717) is 11.6 Å². The SMILES string of the molecule is CC.CC.c1ccc(-c2nc3ncnc(NCC4CCCCC4)c3nc2-c2ccccc2)cc1. The Balaban J connectivity index is 0.000000771. The molecule has 0 bridgehead atoms. The number of hydrogen-bond donors (Lipinski definition) is 1. The summed E-state index contributed by atoms with van der Waals surface area (Å²) in [7, 11) is 0. The van der Waals surface area contributed by atoms with E-state index in [2.05, 4.69) is 39.6 Å². The van der Waals surface area contributed by atoms with Crippen LogP contribution >= 0.6 is 0 Å². The molecule has 1 aliphatic carbocycles. The molecule has 1 aliphatic rings. The van der Waals surface area contributed by atoms with Gasteiger partial charge in [0.1, 0.15) is 6.33 Å². The van der Waals surface area contributed by atoms with Gasteiger partial charge in [-0.3, -0.25) is 0 Å². The molecule has 1 fully saturated rings. The number of anilines is 1. The lowest BCUT2D eigenvalue weighted by Gasteiger charge is -2.22. The number of benzene rings is 2. The molecule has 0 radical (unpaired) electrons. The second kappa shape index (κ2) is 13.4. The van der Waals surface area contributed by atoms with Gasteiger partial charge >= 0.3 is 0 Å². The molecule has 5 nitrogen and oxygen atoms in total. The molecule has 5 rings (SSSR count). The first-order chi connectivity index (χ1) is 16.9. The average Bonchev–Trinajstić information content (AvgIpc) is 2.95. The smallest absolute Gasteiger partial charge is 0.184 e. The molecule has 0 unspecified atom stereocenters. The molecular weight excluding hydrogens is 418 g/mol. The van der Waals surface area contributed by atoms with Crippen LogP contribution in [-0.2, 0) is 0 Å². The third kappa shape index (κ3) is 6.16. The first kappa shape index (κ1) is 25.3. The lowest BCUT2D eigenvalue weighted by atomic mass is 9.89. The van der Waals surface area contributed by atoms with Crippen LogP contribution in [0.15, 0.2) is 67.0 Å². The molecule has 0 spiro atoms. The summed E-state index contributed by atoms with van der Waals surface area (Å²) in [5.74, 6) is 1.48. The van der Waals surface area contributed by atoms with Crippen molar-refractivity contribution in [1.82, 2.24) is 19.9 Å². The van der Waals surface area contributed by atoms with Gasteiger partial charge in [-0.2, -0.15) is 0 Å². The van der Waals surface area contributed by atoms with Crippen molar-refractivity contribution in [3.63, 3.8) is 0 Å². The summed E-state index contributed by atoms with van der Waals surface area (Å²) < 4.78 is 0. The number of aromatic nitrogens is 4. The summed E-state index contributed by atoms with van der Waals surface area (Å²) in [5.41, 5.74) is 5.10. The number of hydrogen-bond acceptors (Lipinski definition) is 5. The summed E-state index contributed by atoms with van der Waals surface area (Å²) in [5, 5.41) is 3.54. The van der Waals surface area contributed by atoms with Gasteiger partial charge < -0.3 is 5.32 Å². The zero-order valence-electron chi connectivity index (χ0n) is 21.0. The van der Waals surface area contributed by atoms with Gasteiger partial charge in [-0.15, -0.1) is 0 Å². The fourth-order valence-electron chi connectivity index (χ4n) is 4.23. The predicted octanol–water partition coefficient (Wildman–Crippen LogP) is 7.80. The lowest BCUT2D eigenvalue weighted by Crippen LogP contribution is -2.18. The fraction of sp³-hybridized carbons (Fsp3) is 0.379. The molecule has 2 aromatic carbocycles. The minimum Gasteiger partial charge on any atom is -0.368 e. The second-order valence-corrected chi connectivity index (χ2v) is 7.93. The highest BCUT2D eigenvalue weighted by molar-refractivity contribution is 5.89. The molecular formula is C29H37N5. The Hall–Kier alpha value is -3.34. The van der Waals surface area contributed by atoms with Gasteiger partial charge in [0.05, 0.1) is 11.4 Å². The highest BCUT2D eigenvalue weighted by atomic mass is 15.1. The van der Waals surface area contributed by atoms with Gasteiger partial charge in [0, 0.05) is 17.7 Å². The Morgan fingerprint density at radius 2 is 1.26 bits per heavy atom. The van der Waals surface area contributed by atoms with E-state index in [1.807, 2.05) is 64.1 Å². The second-order valence-electron chi connectivity index (χ2n) is 7.93. The highest BCUT2D eigenvalue weighted by Gasteiger charge is 2.18. The van der Waals surface area contributed by atoms with Crippen LogP contribution in [0.1, 0.15) is 59.8 Å². The largest absolute Gasteiger partial charge is 0.368 e. The van der Waals surface area contributed by atoms with Gasteiger partial charge in [0.2, 0.25) is 0 Å². The van der Waals surface area contributed by atoms with E-state index in [0.717, 1.165) is 40.4 Å². The third-order valence-corrected chi connectivity index (χ3v) is 5.85. The number of nitrogens with one attached hydrogen (secondary N) is 1. The van der Waals surface area contributed by atoms with Crippen molar-refractivity contribution < 1.29 is 0 Å². The van der Waals surface area contributed by atoms with Crippen molar-refractivity contribution in [1.29, 1.82) is 0 Å². The van der Waals surface area contributed by atoms with Gasteiger partial charge in [-0.25, -0.2) is 19.9 Å². The molecule has 5 heteroatoms. The maximum atomic E-state index is 5.04. The van der Waals surface area contributed by atoms with Crippen LogP contribution in [0.25, 0.3) is 33.7 Å². The highest BCUT2D eigenvalue weighted by Crippen LogP contribution is 2.32. The van der Waals surface area contributed by atoms with Crippen LogP contribution in [0.5, 0.6) is 0 Å². The topological polar surface area (TPSA) is 63.6 Å². The van der Waals surface area contributed by atoms with E-state index >= 15 is 0 Å². The van der Waals surface area contributed by atoms with Crippen molar-refractivity contribution in [2.45, 2.75) is 59.8 Å². The summed E-state index contributed by atoms with van der Waals surface area (Å²) in [6.45, 7) is 8.93. The first-order valence-electron chi connectivity index (χ1n) is 12.8. The van der Waals surface area contributed by atoms with Crippen molar-refractivity contribution >= 4 is 17.0 Å². The van der Waals surface area contributed by atoms with E-state index in [-0.39, 0.29) is 0 Å². The monoisotopic (exact) mass is 455 g/mol. The molecule has 0 saturated heterocycles. The lowest BCUT2D eigenvalue weighted by molar-refractivity contribution is 0.373. The summed E-state index contributed by atoms with van der Waals surface area (Å²) >= 11 is 0. The quantitative estimate of drug-likeness (QED) is 0.332. The van der Waals surface area contributed by atoms with Crippen molar-refractivity contribution in [2.24, 2.45) is 5.92 Å². The zero-order valence-corrected chi connectivity index (χ0v) is 21.0. The van der Waals surface area contributed by atoms with Crippen LogP contribution in [0.2, 0.25) is 0 Å². The Kier molecular flexibility index (Phi) is 9.96. The van der Waals surface area contributed by atoms with E-state index in [9.17, 15) is 0 Å². The predicted molar refractivity (Wildman–Crippen MR) is 144 cm³/mol. The summed E-state index contributed by atoms with van der Waals surface area (Å²) in [4.78, 5) is 18.9. The zero-order chi connectivity index (χ0) is 24.2. The maximum absolute atomic E-state index is 5.04. The van der Waals surface area contributed by atoms with E-state index < -0.39 is 0 Å².